The van der Waals surface area contributed by atoms with E-state index >= 15 is 0 Å². The van der Waals surface area contributed by atoms with Crippen molar-refractivity contribution in [3.63, 3.8) is 0 Å². The van der Waals surface area contributed by atoms with Crippen LogP contribution in [0.5, 0.6) is 5.75 Å². The first-order chi connectivity index (χ1) is 10.6. The van der Waals surface area contributed by atoms with Crippen LogP contribution >= 0.6 is 0 Å². The van der Waals surface area contributed by atoms with Gasteiger partial charge in [0.25, 0.3) is 0 Å². The van der Waals surface area contributed by atoms with Crippen LogP contribution in [0.3, 0.4) is 0 Å². The molecule has 2 heterocycles. The van der Waals surface area contributed by atoms with E-state index in [0.717, 1.165) is 39.7 Å². The third-order valence-electron chi connectivity index (χ3n) is 4.52. The Bertz CT molecular complexity index is 902. The van der Waals surface area contributed by atoms with E-state index in [2.05, 4.69) is 19.9 Å². The maximum Gasteiger partial charge on any atom is 0.163 e. The number of benzene rings is 2. The summed E-state index contributed by atoms with van der Waals surface area (Å²) in [4.78, 5) is 12.0. The number of ketones is 1. The molecule has 1 aromatic heterocycles. The van der Waals surface area contributed by atoms with Crippen LogP contribution in [0, 0.1) is 5.92 Å². The first-order valence-corrected chi connectivity index (χ1v) is 7.71. The summed E-state index contributed by atoms with van der Waals surface area (Å²) < 4.78 is 12.1. The van der Waals surface area contributed by atoms with E-state index in [0.29, 0.717) is 11.5 Å². The van der Waals surface area contributed by atoms with E-state index < -0.39 is 0 Å². The molecule has 22 heavy (non-hydrogen) atoms. The summed E-state index contributed by atoms with van der Waals surface area (Å²) in [6.45, 7) is 5.87. The van der Waals surface area contributed by atoms with Gasteiger partial charge in [0.15, 0.2) is 5.78 Å². The Balaban J connectivity index is 2.08. The maximum absolute atomic E-state index is 12.0. The number of rotatable bonds is 2. The fourth-order valence-corrected chi connectivity index (χ4v) is 3.31. The van der Waals surface area contributed by atoms with Gasteiger partial charge in [-0.1, -0.05) is 32.0 Å². The average molecular weight is 294 g/mol. The van der Waals surface area contributed by atoms with Gasteiger partial charge < -0.3 is 9.15 Å². The Morgan fingerprint density at radius 2 is 2.00 bits per heavy atom. The zero-order valence-corrected chi connectivity index (χ0v) is 13.0. The molecule has 4 rings (SSSR count). The van der Waals surface area contributed by atoms with E-state index in [9.17, 15) is 4.79 Å². The second-order valence-electron chi connectivity index (χ2n) is 6.36. The van der Waals surface area contributed by atoms with Crippen molar-refractivity contribution in [1.29, 1.82) is 0 Å². The summed E-state index contributed by atoms with van der Waals surface area (Å²) >= 11 is 0. The number of Topliss-reactive ketones (excluding diaryl/α,β-unsaturated/α-hetero) is 1. The molecule has 3 nitrogen and oxygen atoms in total. The highest BCUT2D eigenvalue weighted by Crippen LogP contribution is 2.43. The maximum atomic E-state index is 12.0. The molecule has 3 aromatic rings. The molecule has 0 fully saturated rings. The zero-order chi connectivity index (χ0) is 15.4. The molecular weight excluding hydrogens is 276 g/mol. The molecule has 3 heteroatoms. The number of para-hydroxylation sites is 1. The summed E-state index contributed by atoms with van der Waals surface area (Å²) in [5.41, 5.74) is 3.38. The fraction of sp³-hybridized carbons (Fsp3) is 0.316. The predicted octanol–water partition coefficient (Wildman–Crippen LogP) is 4.75. The Morgan fingerprint density at radius 1 is 1.23 bits per heavy atom. The lowest BCUT2D eigenvalue weighted by atomic mass is 9.95. The first kappa shape index (κ1) is 13.4. The quantitative estimate of drug-likeness (QED) is 0.640. The van der Waals surface area contributed by atoms with Crippen LogP contribution in [-0.4, -0.2) is 11.9 Å². The normalized spacial score (nSPS) is 17.2. The average Bonchev–Trinajstić information content (AvgIpc) is 3.06. The number of hydrogen-bond acceptors (Lipinski definition) is 3. The van der Waals surface area contributed by atoms with Crippen molar-refractivity contribution in [3.05, 3.63) is 41.5 Å². The van der Waals surface area contributed by atoms with E-state index in [-0.39, 0.29) is 11.9 Å². The molecule has 0 aliphatic carbocycles. The molecule has 1 aliphatic heterocycles. The Kier molecular flexibility index (Phi) is 2.80. The molecular formula is C19H18O3. The van der Waals surface area contributed by atoms with Crippen molar-refractivity contribution < 1.29 is 13.9 Å². The Morgan fingerprint density at radius 3 is 2.73 bits per heavy atom. The van der Waals surface area contributed by atoms with Gasteiger partial charge in [-0.15, -0.1) is 0 Å². The van der Waals surface area contributed by atoms with Crippen LogP contribution in [-0.2, 0) is 6.42 Å². The van der Waals surface area contributed by atoms with Crippen LogP contribution < -0.4 is 4.74 Å². The van der Waals surface area contributed by atoms with Gasteiger partial charge >= 0.3 is 0 Å². The molecule has 1 atom stereocenters. The molecule has 0 amide bonds. The van der Waals surface area contributed by atoms with Crippen LogP contribution in [0.2, 0.25) is 0 Å². The molecule has 112 valence electrons. The second kappa shape index (κ2) is 4.60. The lowest BCUT2D eigenvalue weighted by Crippen LogP contribution is -2.20. The number of carbonyl (C=O) groups excluding carboxylic acids is 1. The first-order valence-electron chi connectivity index (χ1n) is 7.71. The monoisotopic (exact) mass is 294 g/mol. The molecule has 1 unspecified atom stereocenters. The van der Waals surface area contributed by atoms with Crippen LogP contribution in [0.1, 0.15) is 36.7 Å². The summed E-state index contributed by atoms with van der Waals surface area (Å²) in [6, 6.07) is 9.84. The van der Waals surface area contributed by atoms with Crippen LogP contribution in [0.25, 0.3) is 21.9 Å². The summed E-state index contributed by atoms with van der Waals surface area (Å²) in [7, 11) is 0. The molecule has 0 spiro atoms. The lowest BCUT2D eigenvalue weighted by molar-refractivity contribution is 0.101. The van der Waals surface area contributed by atoms with Crippen molar-refractivity contribution in [2.24, 2.45) is 5.92 Å². The van der Waals surface area contributed by atoms with Crippen molar-refractivity contribution in [2.75, 3.05) is 0 Å². The van der Waals surface area contributed by atoms with Crippen molar-refractivity contribution in [3.8, 4) is 5.75 Å². The van der Waals surface area contributed by atoms with Gasteiger partial charge in [0.05, 0.1) is 5.56 Å². The largest absolute Gasteiger partial charge is 0.489 e. The summed E-state index contributed by atoms with van der Waals surface area (Å²) in [5.74, 6) is 1.17. The molecule has 1 aliphatic rings. The van der Waals surface area contributed by atoms with E-state index in [1.54, 1.807) is 6.92 Å². The topological polar surface area (TPSA) is 39.4 Å². The van der Waals surface area contributed by atoms with Crippen LogP contribution in [0.4, 0.5) is 0 Å². The Labute approximate surface area is 128 Å². The van der Waals surface area contributed by atoms with Gasteiger partial charge in [-0.25, -0.2) is 0 Å². The molecule has 2 aromatic carbocycles. The number of hydrogen-bond donors (Lipinski definition) is 0. The van der Waals surface area contributed by atoms with Gasteiger partial charge in [-0.3, -0.25) is 4.79 Å². The number of ether oxygens (including phenoxy) is 1. The standard InChI is InChI=1S/C19H18O3/c1-10(2)16-9-14-18-12-6-4-5-7-15(12)21-17(18)8-13(11(3)20)19(14)22-16/h4-8,10,16H,9H2,1-3H3. The molecule has 0 saturated heterocycles. The second-order valence-corrected chi connectivity index (χ2v) is 6.36. The highest BCUT2D eigenvalue weighted by atomic mass is 16.5. The van der Waals surface area contributed by atoms with Gasteiger partial charge in [0, 0.05) is 22.8 Å². The molecule has 0 bridgehead atoms. The molecule has 0 saturated carbocycles. The smallest absolute Gasteiger partial charge is 0.163 e. The lowest BCUT2D eigenvalue weighted by Gasteiger charge is -2.14. The Hall–Kier alpha value is -2.29. The van der Waals surface area contributed by atoms with E-state index in [1.165, 1.54) is 0 Å². The molecule has 0 N–H and O–H groups in total. The fourth-order valence-electron chi connectivity index (χ4n) is 3.31. The van der Waals surface area contributed by atoms with Gasteiger partial charge in [-0.2, -0.15) is 0 Å². The van der Waals surface area contributed by atoms with E-state index in [4.69, 9.17) is 9.15 Å². The van der Waals surface area contributed by atoms with Crippen molar-refractivity contribution in [2.45, 2.75) is 33.3 Å². The molecule has 0 radical (unpaired) electrons. The highest BCUT2D eigenvalue weighted by Gasteiger charge is 2.32. The number of furan rings is 1. The third kappa shape index (κ3) is 1.78. The van der Waals surface area contributed by atoms with Crippen molar-refractivity contribution >= 4 is 27.7 Å². The SMILES string of the molecule is CC(=O)c1cc2oc3ccccc3c2c2c1OC(C(C)C)C2. The minimum Gasteiger partial charge on any atom is -0.489 e. The van der Waals surface area contributed by atoms with E-state index in [1.807, 2.05) is 24.3 Å². The zero-order valence-electron chi connectivity index (χ0n) is 13.0. The van der Waals surface area contributed by atoms with Gasteiger partial charge in [0.2, 0.25) is 0 Å². The van der Waals surface area contributed by atoms with Gasteiger partial charge in [0.1, 0.15) is 23.0 Å². The highest BCUT2D eigenvalue weighted by molar-refractivity contribution is 6.11. The summed E-state index contributed by atoms with van der Waals surface area (Å²) in [5, 5.41) is 2.19. The predicted molar refractivity (Wildman–Crippen MR) is 86.7 cm³/mol. The minimum absolute atomic E-state index is 0.0167. The van der Waals surface area contributed by atoms with Crippen molar-refractivity contribution in [1.82, 2.24) is 0 Å². The number of carbonyl (C=O) groups is 1. The summed E-state index contributed by atoms with van der Waals surface area (Å²) in [6.07, 6.45) is 0.945. The third-order valence-corrected chi connectivity index (χ3v) is 4.52. The van der Waals surface area contributed by atoms with Crippen LogP contribution in [0.15, 0.2) is 34.7 Å². The van der Waals surface area contributed by atoms with Gasteiger partial charge in [-0.05, 0) is 25.0 Å². The minimum atomic E-state index is 0.0167. The number of fused-ring (bicyclic) bond motifs is 5.